The van der Waals surface area contributed by atoms with Gasteiger partial charge in [-0.1, -0.05) is 6.92 Å². The van der Waals surface area contributed by atoms with Gasteiger partial charge in [-0.3, -0.25) is 4.79 Å². The number of amidine groups is 1. The highest BCUT2D eigenvalue weighted by molar-refractivity contribution is 5.89. The van der Waals surface area contributed by atoms with Gasteiger partial charge in [0.25, 0.3) is 0 Å². The molecule has 2 saturated carbocycles. The van der Waals surface area contributed by atoms with Crippen molar-refractivity contribution in [1.82, 2.24) is 4.90 Å². The predicted molar refractivity (Wildman–Crippen MR) is 125 cm³/mol. The Morgan fingerprint density at radius 2 is 2.00 bits per heavy atom. The van der Waals surface area contributed by atoms with E-state index in [-0.39, 0.29) is 17.5 Å². The molecule has 0 amide bonds. The second-order valence-electron chi connectivity index (χ2n) is 11.0. The van der Waals surface area contributed by atoms with Gasteiger partial charge in [0.15, 0.2) is 0 Å². The third-order valence-corrected chi connectivity index (χ3v) is 9.35. The third-order valence-electron chi connectivity index (χ3n) is 9.35. The van der Waals surface area contributed by atoms with Gasteiger partial charge in [-0.05, 0) is 98.8 Å². The van der Waals surface area contributed by atoms with Gasteiger partial charge >= 0.3 is 5.97 Å². The highest BCUT2D eigenvalue weighted by Gasteiger charge is 2.56. The number of aryl methyl sites for hydroxylation is 1. The number of carbonyl (C=O) groups is 1. The number of carbonyl (C=O) groups excluding carboxylic acids is 1. The highest BCUT2D eigenvalue weighted by Crippen LogP contribution is 2.62. The molecule has 5 aliphatic rings. The molecule has 172 valence electrons. The van der Waals surface area contributed by atoms with Crippen LogP contribution in [0.3, 0.4) is 0 Å². The molecule has 1 aromatic rings. The Bertz CT molecular complexity index is 950. The zero-order valence-corrected chi connectivity index (χ0v) is 19.6. The predicted octanol–water partition coefficient (Wildman–Crippen LogP) is 5.38. The molecule has 1 aromatic carbocycles. The third kappa shape index (κ3) is 3.26. The Kier molecular flexibility index (Phi) is 5.00. The summed E-state index contributed by atoms with van der Waals surface area (Å²) in [5.41, 5.74) is 4.17. The van der Waals surface area contributed by atoms with E-state index in [1.54, 1.807) is 6.92 Å². The van der Waals surface area contributed by atoms with Crippen molar-refractivity contribution in [3.63, 3.8) is 0 Å². The van der Waals surface area contributed by atoms with Crippen LogP contribution in [0.5, 0.6) is 5.75 Å². The van der Waals surface area contributed by atoms with Crippen molar-refractivity contribution in [3.8, 4) is 5.75 Å². The molecule has 0 bridgehead atoms. The molecule has 5 heteroatoms. The molecule has 2 heterocycles. The summed E-state index contributed by atoms with van der Waals surface area (Å²) in [7, 11) is 0. The summed E-state index contributed by atoms with van der Waals surface area (Å²) in [5, 5.41) is 0. The van der Waals surface area contributed by atoms with Crippen LogP contribution in [0.25, 0.3) is 0 Å². The summed E-state index contributed by atoms with van der Waals surface area (Å²) in [6, 6.07) is 4.66. The molecule has 5 atom stereocenters. The van der Waals surface area contributed by atoms with Crippen molar-refractivity contribution in [2.75, 3.05) is 19.7 Å². The molecule has 32 heavy (non-hydrogen) atoms. The number of ether oxygens (including phenoxy) is 2. The van der Waals surface area contributed by atoms with Crippen molar-refractivity contribution in [2.45, 2.75) is 83.7 Å². The molecule has 6 rings (SSSR count). The van der Waals surface area contributed by atoms with Crippen LogP contribution in [0.2, 0.25) is 0 Å². The first-order valence-electron chi connectivity index (χ1n) is 12.8. The SMILES string of the molecule is CC(=O)O[C@H]1CC[C@H]2[C@@H]3CCc4cc5c(cc4[C@H]3CC[C@]12C)N=C(N1CCCCC1)CO5. The first-order valence-corrected chi connectivity index (χ1v) is 12.8. The fourth-order valence-electron chi connectivity index (χ4n) is 7.76. The number of hydrogen-bond donors (Lipinski definition) is 0. The van der Waals surface area contributed by atoms with Crippen molar-refractivity contribution in [2.24, 2.45) is 22.2 Å². The molecule has 3 aliphatic carbocycles. The lowest BCUT2D eigenvalue weighted by Crippen LogP contribution is -2.45. The monoisotopic (exact) mass is 436 g/mol. The number of likely N-dealkylation sites (tertiary alicyclic amines) is 1. The van der Waals surface area contributed by atoms with Gasteiger partial charge < -0.3 is 14.4 Å². The summed E-state index contributed by atoms with van der Waals surface area (Å²) in [6.07, 6.45) is 10.9. The largest absolute Gasteiger partial charge is 0.483 e. The minimum atomic E-state index is -0.123. The fraction of sp³-hybridized carbons (Fsp3) is 0.704. The van der Waals surface area contributed by atoms with Crippen molar-refractivity contribution in [3.05, 3.63) is 23.3 Å². The van der Waals surface area contributed by atoms with E-state index in [1.807, 2.05) is 0 Å². The first-order chi connectivity index (χ1) is 15.5. The quantitative estimate of drug-likeness (QED) is 0.555. The molecule has 2 aliphatic heterocycles. The van der Waals surface area contributed by atoms with E-state index < -0.39 is 0 Å². The lowest BCUT2D eigenvalue weighted by Gasteiger charge is -2.50. The van der Waals surface area contributed by atoms with Crippen LogP contribution in [0, 0.1) is 17.3 Å². The lowest BCUT2D eigenvalue weighted by atomic mass is 9.55. The average Bonchev–Trinajstić information content (AvgIpc) is 3.13. The topological polar surface area (TPSA) is 51.1 Å². The second kappa shape index (κ2) is 7.78. The van der Waals surface area contributed by atoms with E-state index in [4.69, 9.17) is 14.5 Å². The van der Waals surface area contributed by atoms with Crippen LogP contribution in [0.15, 0.2) is 17.1 Å². The van der Waals surface area contributed by atoms with E-state index in [0.29, 0.717) is 24.4 Å². The highest BCUT2D eigenvalue weighted by atomic mass is 16.5. The van der Waals surface area contributed by atoms with Crippen LogP contribution < -0.4 is 4.74 Å². The van der Waals surface area contributed by atoms with Gasteiger partial charge in [0.2, 0.25) is 0 Å². The molecule has 0 spiro atoms. The maximum Gasteiger partial charge on any atom is 0.302 e. The molecule has 0 N–H and O–H groups in total. The Morgan fingerprint density at radius 1 is 1.16 bits per heavy atom. The van der Waals surface area contributed by atoms with Crippen molar-refractivity contribution < 1.29 is 14.3 Å². The second-order valence-corrected chi connectivity index (χ2v) is 11.0. The minimum Gasteiger partial charge on any atom is -0.483 e. The zero-order valence-electron chi connectivity index (χ0n) is 19.6. The van der Waals surface area contributed by atoms with Crippen LogP contribution in [-0.2, 0) is 16.0 Å². The van der Waals surface area contributed by atoms with Gasteiger partial charge in [-0.25, -0.2) is 4.99 Å². The van der Waals surface area contributed by atoms with Crippen LogP contribution in [0.4, 0.5) is 5.69 Å². The molecule has 0 radical (unpaired) electrons. The Balaban J connectivity index is 1.29. The molecule has 0 aromatic heterocycles. The van der Waals surface area contributed by atoms with Gasteiger partial charge in [0, 0.05) is 25.4 Å². The van der Waals surface area contributed by atoms with E-state index in [2.05, 4.69) is 24.0 Å². The van der Waals surface area contributed by atoms with E-state index in [1.165, 1.54) is 49.7 Å². The number of rotatable bonds is 1. The van der Waals surface area contributed by atoms with E-state index in [9.17, 15) is 4.79 Å². The maximum atomic E-state index is 11.7. The number of nitrogens with zero attached hydrogens (tertiary/aromatic N) is 2. The Morgan fingerprint density at radius 3 is 2.81 bits per heavy atom. The molecular weight excluding hydrogens is 400 g/mol. The van der Waals surface area contributed by atoms with E-state index >= 15 is 0 Å². The number of piperidine rings is 1. The summed E-state index contributed by atoms with van der Waals surface area (Å²) in [6.45, 7) is 6.77. The fourth-order valence-corrected chi connectivity index (χ4v) is 7.76. The number of benzene rings is 1. The normalized spacial score (nSPS) is 35.6. The summed E-state index contributed by atoms with van der Waals surface area (Å²) >= 11 is 0. The standard InChI is InChI=1S/C27H36N2O3/c1-17(30)32-25-9-8-22-20-7-6-18-14-24-23(15-21(18)19(20)10-11-27(22,25)2)28-26(16-31-24)29-12-4-3-5-13-29/h14-15,19-20,22,25H,3-13,16H2,1-2H3/t19-,20+,22-,25-,27-/m0/s1. The van der Waals surface area contributed by atoms with Crippen LogP contribution >= 0.6 is 0 Å². The van der Waals surface area contributed by atoms with Crippen LogP contribution in [-0.4, -0.2) is 42.5 Å². The Hall–Kier alpha value is -2.04. The Labute approximate surface area is 191 Å². The van der Waals surface area contributed by atoms with Gasteiger partial charge in [-0.15, -0.1) is 0 Å². The summed E-state index contributed by atoms with van der Waals surface area (Å²) in [5.74, 6) is 3.91. The smallest absolute Gasteiger partial charge is 0.302 e. The van der Waals surface area contributed by atoms with Crippen LogP contribution in [0.1, 0.15) is 82.3 Å². The lowest BCUT2D eigenvalue weighted by molar-refractivity contribution is -0.154. The summed E-state index contributed by atoms with van der Waals surface area (Å²) in [4.78, 5) is 19.2. The van der Waals surface area contributed by atoms with Gasteiger partial charge in [-0.2, -0.15) is 0 Å². The van der Waals surface area contributed by atoms with E-state index in [0.717, 1.165) is 49.6 Å². The maximum absolute atomic E-state index is 11.7. The molecular formula is C27H36N2O3. The molecule has 5 nitrogen and oxygen atoms in total. The molecule has 3 fully saturated rings. The number of esters is 1. The van der Waals surface area contributed by atoms with Crippen molar-refractivity contribution in [1.29, 1.82) is 0 Å². The molecule has 0 unspecified atom stereocenters. The van der Waals surface area contributed by atoms with Gasteiger partial charge in [0.05, 0.1) is 0 Å². The minimum absolute atomic E-state index is 0.0981. The first kappa shape index (κ1) is 20.6. The number of fused-ring (bicyclic) bond motifs is 6. The number of aliphatic imine (C=N–C) groups is 1. The number of hydrogen-bond acceptors (Lipinski definition) is 5. The average molecular weight is 437 g/mol. The van der Waals surface area contributed by atoms with Gasteiger partial charge in [0.1, 0.15) is 30.0 Å². The summed E-state index contributed by atoms with van der Waals surface area (Å²) < 4.78 is 12.0. The van der Waals surface area contributed by atoms with Crippen molar-refractivity contribution >= 4 is 17.5 Å². The zero-order chi connectivity index (χ0) is 21.9. The molecule has 1 saturated heterocycles.